The fourth-order valence-corrected chi connectivity index (χ4v) is 3.22. The third-order valence-electron chi connectivity index (χ3n) is 3.56. The van der Waals surface area contributed by atoms with Crippen molar-refractivity contribution in [3.05, 3.63) is 59.7 Å². The molecule has 0 spiro atoms. The number of carbonyl (C=O) groups is 1. The molecule has 1 N–H and O–H groups in total. The van der Waals surface area contributed by atoms with Gasteiger partial charge in [0.05, 0.1) is 12.8 Å². The van der Waals surface area contributed by atoms with Gasteiger partial charge in [0.15, 0.2) is 0 Å². The van der Waals surface area contributed by atoms with Crippen LogP contribution in [0.5, 0.6) is 5.75 Å². The van der Waals surface area contributed by atoms with Crippen molar-refractivity contribution in [1.82, 2.24) is 4.31 Å². The maximum Gasteiger partial charge on any atom is 0.248 e. The van der Waals surface area contributed by atoms with Gasteiger partial charge in [-0.05, 0) is 35.9 Å². The fourth-order valence-electron chi connectivity index (χ4n) is 2.13. The number of amides is 1. The second-order valence-electron chi connectivity index (χ2n) is 5.64. The SMILES string of the molecule is COc1ccc(/C=C/C(=O)Nc2cc(F)ccc2F)cc1S(=O)(=O)N(C)C. The summed E-state index contributed by atoms with van der Waals surface area (Å²) < 4.78 is 57.6. The monoisotopic (exact) mass is 396 g/mol. The number of rotatable bonds is 6. The number of hydrogen-bond donors (Lipinski definition) is 1. The quantitative estimate of drug-likeness (QED) is 0.762. The van der Waals surface area contributed by atoms with Crippen molar-refractivity contribution in [1.29, 1.82) is 0 Å². The van der Waals surface area contributed by atoms with E-state index in [1.54, 1.807) is 6.07 Å². The van der Waals surface area contributed by atoms with Gasteiger partial charge in [-0.2, -0.15) is 0 Å². The van der Waals surface area contributed by atoms with Gasteiger partial charge in [0, 0.05) is 26.2 Å². The number of benzene rings is 2. The van der Waals surface area contributed by atoms with Crippen LogP contribution in [0, 0.1) is 11.6 Å². The molecule has 1 amide bonds. The molecule has 6 nitrogen and oxygen atoms in total. The van der Waals surface area contributed by atoms with Crippen molar-refractivity contribution in [3.63, 3.8) is 0 Å². The maximum absolute atomic E-state index is 13.5. The molecule has 2 aromatic carbocycles. The van der Waals surface area contributed by atoms with Crippen molar-refractivity contribution < 1.29 is 26.7 Å². The Hall–Kier alpha value is -2.78. The normalized spacial score (nSPS) is 11.8. The summed E-state index contributed by atoms with van der Waals surface area (Å²) in [7, 11) is 0.365. The van der Waals surface area contributed by atoms with Gasteiger partial charge in [-0.25, -0.2) is 21.5 Å². The Bertz CT molecular complexity index is 989. The Morgan fingerprint density at radius 1 is 1.15 bits per heavy atom. The molecule has 0 aliphatic carbocycles. The molecular weight excluding hydrogens is 378 g/mol. The number of carbonyl (C=O) groups excluding carboxylic acids is 1. The number of sulfonamides is 1. The molecule has 0 aromatic heterocycles. The molecule has 27 heavy (non-hydrogen) atoms. The Morgan fingerprint density at radius 2 is 1.85 bits per heavy atom. The zero-order chi connectivity index (χ0) is 20.2. The molecule has 0 saturated carbocycles. The van der Waals surface area contributed by atoms with Crippen LogP contribution in [-0.4, -0.2) is 39.8 Å². The Kier molecular flexibility index (Phi) is 6.29. The highest BCUT2D eigenvalue weighted by atomic mass is 32.2. The van der Waals surface area contributed by atoms with Crippen LogP contribution in [-0.2, 0) is 14.8 Å². The molecular formula is C18H18F2N2O4S. The van der Waals surface area contributed by atoms with Gasteiger partial charge < -0.3 is 10.1 Å². The molecule has 0 fully saturated rings. The van der Waals surface area contributed by atoms with E-state index in [0.717, 1.165) is 28.6 Å². The number of hydrogen-bond acceptors (Lipinski definition) is 4. The molecule has 0 aliphatic rings. The van der Waals surface area contributed by atoms with Crippen molar-refractivity contribution in [2.45, 2.75) is 4.90 Å². The first-order valence-corrected chi connectivity index (χ1v) is 9.14. The predicted octanol–water partition coefficient (Wildman–Crippen LogP) is 2.88. The Morgan fingerprint density at radius 3 is 2.48 bits per heavy atom. The van der Waals surface area contributed by atoms with Crippen molar-refractivity contribution >= 4 is 27.7 Å². The van der Waals surface area contributed by atoms with Gasteiger partial charge in [0.25, 0.3) is 0 Å². The average Bonchev–Trinajstić information content (AvgIpc) is 2.62. The third kappa shape index (κ3) is 4.89. The van der Waals surface area contributed by atoms with Crippen LogP contribution < -0.4 is 10.1 Å². The van der Waals surface area contributed by atoms with E-state index >= 15 is 0 Å². The number of nitrogens with one attached hydrogen (secondary N) is 1. The van der Waals surface area contributed by atoms with E-state index in [0.29, 0.717) is 5.56 Å². The van der Waals surface area contributed by atoms with E-state index in [1.807, 2.05) is 0 Å². The zero-order valence-electron chi connectivity index (χ0n) is 14.9. The Balaban J connectivity index is 2.26. The molecule has 144 valence electrons. The summed E-state index contributed by atoms with van der Waals surface area (Å²) in [6.07, 6.45) is 2.43. The highest BCUT2D eigenvalue weighted by Gasteiger charge is 2.22. The predicted molar refractivity (Wildman–Crippen MR) is 97.9 cm³/mol. The van der Waals surface area contributed by atoms with Crippen molar-refractivity contribution in [2.75, 3.05) is 26.5 Å². The summed E-state index contributed by atoms with van der Waals surface area (Å²) in [6, 6.07) is 7.05. The standard InChI is InChI=1S/C18H18F2N2O4S/c1-22(2)27(24,25)17-10-12(4-8-16(17)26-3)5-9-18(23)21-15-11-13(19)6-7-14(15)20/h4-11H,1-3H3,(H,21,23)/b9-5+. The maximum atomic E-state index is 13.5. The minimum absolute atomic E-state index is 0.0614. The van der Waals surface area contributed by atoms with Gasteiger partial charge in [-0.1, -0.05) is 6.07 Å². The van der Waals surface area contributed by atoms with Gasteiger partial charge in [0.2, 0.25) is 15.9 Å². The van der Waals surface area contributed by atoms with Crippen LogP contribution in [0.2, 0.25) is 0 Å². The lowest BCUT2D eigenvalue weighted by Crippen LogP contribution is -2.22. The van der Waals surface area contributed by atoms with E-state index in [4.69, 9.17) is 4.74 Å². The van der Waals surface area contributed by atoms with E-state index in [1.165, 1.54) is 39.4 Å². The van der Waals surface area contributed by atoms with Gasteiger partial charge in [0.1, 0.15) is 22.3 Å². The smallest absolute Gasteiger partial charge is 0.248 e. The van der Waals surface area contributed by atoms with Crippen LogP contribution in [0.1, 0.15) is 5.56 Å². The van der Waals surface area contributed by atoms with Crippen LogP contribution in [0.3, 0.4) is 0 Å². The van der Waals surface area contributed by atoms with Gasteiger partial charge >= 0.3 is 0 Å². The number of ether oxygens (including phenoxy) is 1. The summed E-state index contributed by atoms with van der Waals surface area (Å²) in [5.74, 6) is -2.01. The van der Waals surface area contributed by atoms with Crippen LogP contribution >= 0.6 is 0 Å². The summed E-state index contributed by atoms with van der Waals surface area (Å²) in [5, 5.41) is 2.22. The first kappa shape index (κ1) is 20.5. The second kappa shape index (κ2) is 8.28. The second-order valence-corrected chi connectivity index (χ2v) is 7.76. The summed E-state index contributed by atoms with van der Waals surface area (Å²) in [4.78, 5) is 11.9. The molecule has 2 aromatic rings. The lowest BCUT2D eigenvalue weighted by atomic mass is 10.2. The Labute approximate surface area is 156 Å². The highest BCUT2D eigenvalue weighted by Crippen LogP contribution is 2.27. The summed E-state index contributed by atoms with van der Waals surface area (Å²) >= 11 is 0. The molecule has 0 heterocycles. The number of halogens is 2. The van der Waals surface area contributed by atoms with Crippen molar-refractivity contribution in [3.8, 4) is 5.75 Å². The molecule has 0 atom stereocenters. The lowest BCUT2D eigenvalue weighted by molar-refractivity contribution is -0.111. The summed E-state index contributed by atoms with van der Waals surface area (Å²) in [6.45, 7) is 0. The summed E-state index contributed by atoms with van der Waals surface area (Å²) in [5.41, 5.74) is 0.112. The number of methoxy groups -OCH3 is 1. The topological polar surface area (TPSA) is 75.7 Å². The molecule has 0 radical (unpaired) electrons. The lowest BCUT2D eigenvalue weighted by Gasteiger charge is -2.15. The fraction of sp³-hybridized carbons (Fsp3) is 0.167. The molecule has 9 heteroatoms. The van der Waals surface area contributed by atoms with Crippen LogP contribution in [0.4, 0.5) is 14.5 Å². The first-order chi connectivity index (χ1) is 12.6. The van der Waals surface area contributed by atoms with E-state index in [2.05, 4.69) is 5.32 Å². The largest absolute Gasteiger partial charge is 0.495 e. The van der Waals surface area contributed by atoms with Crippen LogP contribution in [0.15, 0.2) is 47.4 Å². The molecule has 0 unspecified atom stereocenters. The average molecular weight is 396 g/mol. The zero-order valence-corrected chi connectivity index (χ0v) is 15.7. The van der Waals surface area contributed by atoms with Gasteiger partial charge in [-0.15, -0.1) is 0 Å². The van der Waals surface area contributed by atoms with E-state index in [9.17, 15) is 22.0 Å². The first-order valence-electron chi connectivity index (χ1n) is 7.70. The van der Waals surface area contributed by atoms with E-state index in [-0.39, 0.29) is 16.3 Å². The minimum Gasteiger partial charge on any atom is -0.495 e. The molecule has 0 aliphatic heterocycles. The number of nitrogens with zero attached hydrogens (tertiary/aromatic N) is 1. The third-order valence-corrected chi connectivity index (χ3v) is 5.40. The van der Waals surface area contributed by atoms with E-state index < -0.39 is 27.6 Å². The van der Waals surface area contributed by atoms with Crippen LogP contribution in [0.25, 0.3) is 6.08 Å². The molecule has 2 rings (SSSR count). The van der Waals surface area contributed by atoms with Crippen molar-refractivity contribution in [2.24, 2.45) is 0 Å². The minimum atomic E-state index is -3.76. The molecule has 0 bridgehead atoms. The molecule has 0 saturated heterocycles. The van der Waals surface area contributed by atoms with Gasteiger partial charge in [-0.3, -0.25) is 4.79 Å². The number of anilines is 1. The highest BCUT2D eigenvalue weighted by molar-refractivity contribution is 7.89.